The van der Waals surface area contributed by atoms with Gasteiger partial charge in [0, 0.05) is 24.7 Å². The molecule has 0 aromatic heterocycles. The minimum Gasteiger partial charge on any atom is -0.459 e. The van der Waals surface area contributed by atoms with Crippen LogP contribution in [0.4, 0.5) is 0 Å². The number of carbonyl (C=O) groups is 1. The molecule has 1 N–H and O–H groups in total. The van der Waals surface area contributed by atoms with Crippen molar-refractivity contribution in [2.45, 2.75) is 74.8 Å². The van der Waals surface area contributed by atoms with Crippen LogP contribution in [0.1, 0.15) is 69.4 Å². The minimum atomic E-state index is -3.55. The molecule has 0 aliphatic heterocycles. The average Bonchev–Trinajstić information content (AvgIpc) is 2.81. The van der Waals surface area contributed by atoms with E-state index in [9.17, 15) is 13.2 Å². The summed E-state index contributed by atoms with van der Waals surface area (Å²) in [6, 6.07) is 14.5. The van der Waals surface area contributed by atoms with Crippen LogP contribution >= 0.6 is 11.6 Å². The van der Waals surface area contributed by atoms with Gasteiger partial charge in [0.25, 0.3) is 0 Å². The van der Waals surface area contributed by atoms with Gasteiger partial charge in [0.15, 0.2) is 0 Å². The molecule has 6 nitrogen and oxygen atoms in total. The van der Waals surface area contributed by atoms with Gasteiger partial charge in [-0.1, -0.05) is 35.9 Å². The second kappa shape index (κ2) is 11.4. The lowest BCUT2D eigenvalue weighted by molar-refractivity contribution is -0.156. The largest absolute Gasteiger partial charge is 0.459 e. The van der Waals surface area contributed by atoms with Gasteiger partial charge in [-0.2, -0.15) is 4.31 Å². The van der Waals surface area contributed by atoms with E-state index in [1.165, 1.54) is 9.87 Å². The Hall–Kier alpha value is -1.93. The number of nitrogens with one attached hydrogen (secondary N) is 1. The van der Waals surface area contributed by atoms with Crippen LogP contribution in [0.5, 0.6) is 0 Å². The van der Waals surface area contributed by atoms with Crippen molar-refractivity contribution in [2.24, 2.45) is 0 Å². The van der Waals surface area contributed by atoms with Crippen LogP contribution in [-0.2, 0) is 19.6 Å². The highest BCUT2D eigenvalue weighted by molar-refractivity contribution is 7.89. The molecule has 0 amide bonds. The molecule has 35 heavy (non-hydrogen) atoms. The van der Waals surface area contributed by atoms with Crippen molar-refractivity contribution in [1.82, 2.24) is 9.62 Å². The Kier molecular flexibility index (Phi) is 9.02. The summed E-state index contributed by atoms with van der Waals surface area (Å²) in [7, 11) is -0.0578. The van der Waals surface area contributed by atoms with Crippen LogP contribution in [0, 0.1) is 0 Å². The lowest BCUT2D eigenvalue weighted by atomic mass is 9.81. The van der Waals surface area contributed by atoms with Crippen LogP contribution in [0.3, 0.4) is 0 Å². The summed E-state index contributed by atoms with van der Waals surface area (Å²) in [4.78, 5) is 13.0. The molecule has 1 aliphatic carbocycles. The number of rotatable bonds is 8. The lowest BCUT2D eigenvalue weighted by Crippen LogP contribution is -2.39. The van der Waals surface area contributed by atoms with Crippen molar-refractivity contribution in [2.75, 3.05) is 20.6 Å². The minimum absolute atomic E-state index is 0.0293. The van der Waals surface area contributed by atoms with Gasteiger partial charge in [-0.25, -0.2) is 8.42 Å². The molecule has 1 saturated carbocycles. The first-order chi connectivity index (χ1) is 16.4. The van der Waals surface area contributed by atoms with Crippen molar-refractivity contribution in [3.05, 3.63) is 64.7 Å². The number of hydrogen-bond acceptors (Lipinski definition) is 5. The molecule has 1 unspecified atom stereocenters. The number of esters is 1. The fourth-order valence-electron chi connectivity index (χ4n) is 4.66. The van der Waals surface area contributed by atoms with E-state index in [-0.39, 0.29) is 22.8 Å². The van der Waals surface area contributed by atoms with E-state index < -0.39 is 15.6 Å². The van der Waals surface area contributed by atoms with E-state index >= 15 is 0 Å². The van der Waals surface area contributed by atoms with E-state index in [4.69, 9.17) is 16.3 Å². The predicted octanol–water partition coefficient (Wildman–Crippen LogP) is 5.33. The average molecular weight is 521 g/mol. The molecule has 0 spiro atoms. The monoisotopic (exact) mass is 520 g/mol. The molecule has 0 heterocycles. The first kappa shape index (κ1) is 27.7. The Morgan fingerprint density at radius 3 is 2.14 bits per heavy atom. The molecular weight excluding hydrogens is 484 g/mol. The summed E-state index contributed by atoms with van der Waals surface area (Å²) in [6.07, 6.45) is 3.43. The van der Waals surface area contributed by atoms with Gasteiger partial charge in [-0.3, -0.25) is 4.79 Å². The third-order valence-electron chi connectivity index (χ3n) is 6.61. The highest BCUT2D eigenvalue weighted by Crippen LogP contribution is 2.36. The fraction of sp³-hybridized carbons (Fsp3) is 0.519. The number of ether oxygens (including phenoxy) is 1. The third kappa shape index (κ3) is 7.06. The van der Waals surface area contributed by atoms with Gasteiger partial charge in [-0.15, -0.1) is 0 Å². The number of sulfonamides is 1. The SMILES string of the molecule is CNCC(C(=O)OC(C)(C)C)c1ccc(C2CCC(N(C)S(=O)(=O)c3ccc(Cl)cc3)CC2)cc1. The van der Waals surface area contributed by atoms with Crippen molar-refractivity contribution in [3.8, 4) is 0 Å². The molecule has 192 valence electrons. The van der Waals surface area contributed by atoms with E-state index in [0.29, 0.717) is 17.5 Å². The first-order valence-electron chi connectivity index (χ1n) is 12.1. The van der Waals surface area contributed by atoms with E-state index in [2.05, 4.69) is 17.4 Å². The highest BCUT2D eigenvalue weighted by atomic mass is 35.5. The van der Waals surface area contributed by atoms with Crippen LogP contribution in [0.15, 0.2) is 53.4 Å². The van der Waals surface area contributed by atoms with Crippen LogP contribution in [0.25, 0.3) is 0 Å². The van der Waals surface area contributed by atoms with Crippen molar-refractivity contribution in [1.29, 1.82) is 0 Å². The Morgan fingerprint density at radius 2 is 1.63 bits per heavy atom. The van der Waals surface area contributed by atoms with Crippen molar-refractivity contribution < 1.29 is 17.9 Å². The van der Waals surface area contributed by atoms with Crippen LogP contribution < -0.4 is 5.32 Å². The maximum Gasteiger partial charge on any atom is 0.315 e. The fourth-order valence-corrected chi connectivity index (χ4v) is 6.20. The van der Waals surface area contributed by atoms with Gasteiger partial charge in [-0.05, 0) is 94.8 Å². The van der Waals surface area contributed by atoms with Gasteiger partial charge in [0.1, 0.15) is 5.60 Å². The summed E-state index contributed by atoms with van der Waals surface area (Å²) < 4.78 is 33.2. The molecule has 0 radical (unpaired) electrons. The molecule has 1 aliphatic rings. The van der Waals surface area contributed by atoms with Gasteiger partial charge in [0.2, 0.25) is 10.0 Å². The quantitative estimate of drug-likeness (QED) is 0.476. The van der Waals surface area contributed by atoms with Crippen molar-refractivity contribution in [3.63, 3.8) is 0 Å². The Balaban J connectivity index is 1.64. The topological polar surface area (TPSA) is 75.7 Å². The first-order valence-corrected chi connectivity index (χ1v) is 13.9. The van der Waals surface area contributed by atoms with E-state index in [1.807, 2.05) is 40.0 Å². The maximum absolute atomic E-state index is 13.0. The van der Waals surface area contributed by atoms with Gasteiger partial charge < -0.3 is 10.1 Å². The molecule has 2 aromatic rings. The second-order valence-electron chi connectivity index (χ2n) is 10.3. The molecule has 3 rings (SSSR count). The second-order valence-corrected chi connectivity index (χ2v) is 12.7. The summed E-state index contributed by atoms with van der Waals surface area (Å²) in [5, 5.41) is 3.61. The number of carbonyl (C=O) groups excluding carboxylic acids is 1. The molecule has 1 fully saturated rings. The number of benzene rings is 2. The Labute approximate surface area is 215 Å². The van der Waals surface area contributed by atoms with Gasteiger partial charge >= 0.3 is 5.97 Å². The van der Waals surface area contributed by atoms with Crippen LogP contribution in [-0.4, -0.2) is 51.0 Å². The third-order valence-corrected chi connectivity index (χ3v) is 8.79. The smallest absolute Gasteiger partial charge is 0.315 e. The molecule has 0 bridgehead atoms. The van der Waals surface area contributed by atoms with E-state index in [0.717, 1.165) is 31.2 Å². The lowest BCUT2D eigenvalue weighted by Gasteiger charge is -2.34. The zero-order valence-electron chi connectivity index (χ0n) is 21.3. The van der Waals surface area contributed by atoms with Gasteiger partial charge in [0.05, 0.1) is 10.8 Å². The Bertz CT molecular complexity index is 1090. The Morgan fingerprint density at radius 1 is 1.06 bits per heavy atom. The summed E-state index contributed by atoms with van der Waals surface area (Å²) in [6.45, 7) is 6.13. The number of likely N-dealkylation sites (N-methyl/N-ethyl adjacent to an activating group) is 1. The normalized spacial score (nSPS) is 20.0. The molecule has 8 heteroatoms. The van der Waals surface area contributed by atoms with Crippen molar-refractivity contribution >= 4 is 27.6 Å². The predicted molar refractivity (Wildman–Crippen MR) is 140 cm³/mol. The number of hydrogen-bond donors (Lipinski definition) is 1. The van der Waals surface area contributed by atoms with E-state index in [1.54, 1.807) is 31.3 Å². The standard InChI is InChI=1S/C27H37ClN2O4S/c1-27(2,3)34-26(31)25(18-29-4)21-8-6-19(7-9-21)20-10-14-23(15-11-20)30(5)35(32,33)24-16-12-22(28)13-17-24/h6-9,12-13,16-17,20,23,25,29H,10-11,14-15,18H2,1-5H3. The zero-order chi connectivity index (χ0) is 25.8. The molecular formula is C27H37ClN2O4S. The molecule has 2 aromatic carbocycles. The summed E-state index contributed by atoms with van der Waals surface area (Å²) in [5.41, 5.74) is 1.62. The zero-order valence-corrected chi connectivity index (χ0v) is 22.8. The number of nitrogens with zero attached hydrogens (tertiary/aromatic N) is 1. The molecule has 1 atom stereocenters. The maximum atomic E-state index is 13.0. The summed E-state index contributed by atoms with van der Waals surface area (Å²) in [5.74, 6) is -0.225. The highest BCUT2D eigenvalue weighted by Gasteiger charge is 2.32. The summed E-state index contributed by atoms with van der Waals surface area (Å²) >= 11 is 5.91. The number of halogens is 1. The molecule has 0 saturated heterocycles. The van der Waals surface area contributed by atoms with Crippen LogP contribution in [0.2, 0.25) is 5.02 Å².